The van der Waals surface area contributed by atoms with Gasteiger partial charge in [0.05, 0.1) is 13.2 Å². The third-order valence-electron chi connectivity index (χ3n) is 2.83. The van der Waals surface area contributed by atoms with Crippen LogP contribution in [0.1, 0.15) is 30.1 Å². The van der Waals surface area contributed by atoms with Crippen molar-refractivity contribution in [1.29, 1.82) is 0 Å². The van der Waals surface area contributed by atoms with Crippen LogP contribution >= 0.6 is 0 Å². The second-order valence-corrected chi connectivity index (χ2v) is 3.98. The Morgan fingerprint density at radius 2 is 2.14 bits per heavy atom. The highest BCUT2D eigenvalue weighted by molar-refractivity contribution is 5.42. The van der Waals surface area contributed by atoms with Crippen LogP contribution in [0.5, 0.6) is 5.75 Å². The molecule has 0 radical (unpaired) electrons. The van der Waals surface area contributed by atoms with Crippen LogP contribution in [0.3, 0.4) is 0 Å². The Labute approximate surface area is 84.5 Å². The van der Waals surface area contributed by atoms with E-state index in [1.54, 1.807) is 7.11 Å². The first-order valence-electron chi connectivity index (χ1n) is 5.05. The van der Waals surface area contributed by atoms with E-state index in [0.29, 0.717) is 5.92 Å². The smallest absolute Gasteiger partial charge is 0.127 e. The lowest BCUT2D eigenvalue weighted by atomic mass is 10.0. The third kappa shape index (κ3) is 1.62. The first-order chi connectivity index (χ1) is 6.74. The van der Waals surface area contributed by atoms with Gasteiger partial charge in [-0.25, -0.2) is 0 Å². The van der Waals surface area contributed by atoms with Gasteiger partial charge in [0.25, 0.3) is 0 Å². The minimum absolute atomic E-state index is 0.343. The molecular formula is C12H16O2. The highest BCUT2D eigenvalue weighted by Gasteiger charge is 2.32. The lowest BCUT2D eigenvalue weighted by Crippen LogP contribution is -2.03. The van der Waals surface area contributed by atoms with Gasteiger partial charge in [0, 0.05) is 5.56 Å². The Bertz CT molecular complexity index is 329. The summed E-state index contributed by atoms with van der Waals surface area (Å²) in [5.41, 5.74) is 2.03. The predicted molar refractivity (Wildman–Crippen MR) is 55.4 cm³/mol. The van der Waals surface area contributed by atoms with Gasteiger partial charge in [-0.05, 0) is 31.2 Å². The molecule has 1 saturated carbocycles. The van der Waals surface area contributed by atoms with E-state index in [-0.39, 0.29) is 6.10 Å². The maximum absolute atomic E-state index is 10.0. The van der Waals surface area contributed by atoms with Crippen molar-refractivity contribution in [2.24, 2.45) is 5.92 Å². The first kappa shape index (κ1) is 9.53. The van der Waals surface area contributed by atoms with Gasteiger partial charge in [0.15, 0.2) is 0 Å². The number of ether oxygens (including phenoxy) is 1. The molecule has 76 valence electrons. The van der Waals surface area contributed by atoms with Crippen molar-refractivity contribution in [3.05, 3.63) is 29.3 Å². The van der Waals surface area contributed by atoms with Gasteiger partial charge in [0.1, 0.15) is 5.75 Å². The monoisotopic (exact) mass is 192 g/mol. The van der Waals surface area contributed by atoms with Gasteiger partial charge in [-0.1, -0.05) is 18.2 Å². The Morgan fingerprint density at radius 3 is 2.71 bits per heavy atom. The zero-order valence-electron chi connectivity index (χ0n) is 8.66. The summed E-state index contributed by atoms with van der Waals surface area (Å²) in [5, 5.41) is 10.0. The first-order valence-corrected chi connectivity index (χ1v) is 5.05. The van der Waals surface area contributed by atoms with Gasteiger partial charge < -0.3 is 9.84 Å². The van der Waals surface area contributed by atoms with Gasteiger partial charge >= 0.3 is 0 Å². The quantitative estimate of drug-likeness (QED) is 0.797. The summed E-state index contributed by atoms with van der Waals surface area (Å²) in [7, 11) is 1.66. The Morgan fingerprint density at radius 1 is 1.43 bits per heavy atom. The minimum atomic E-state index is -0.343. The number of hydrogen-bond donors (Lipinski definition) is 1. The molecule has 1 aliphatic rings. The minimum Gasteiger partial charge on any atom is -0.496 e. The molecule has 1 N–H and O–H groups in total. The van der Waals surface area contributed by atoms with Crippen molar-refractivity contribution in [2.75, 3.05) is 7.11 Å². The average Bonchev–Trinajstić information content (AvgIpc) is 2.99. The largest absolute Gasteiger partial charge is 0.496 e. The van der Waals surface area contributed by atoms with Crippen molar-refractivity contribution in [3.8, 4) is 5.75 Å². The molecule has 0 aromatic heterocycles. The van der Waals surface area contributed by atoms with E-state index in [2.05, 4.69) is 0 Å². The number of hydrogen-bond acceptors (Lipinski definition) is 2. The zero-order valence-corrected chi connectivity index (χ0v) is 8.66. The number of aryl methyl sites for hydroxylation is 1. The molecule has 2 nitrogen and oxygen atoms in total. The van der Waals surface area contributed by atoms with E-state index >= 15 is 0 Å². The molecule has 1 aromatic rings. The second-order valence-electron chi connectivity index (χ2n) is 3.98. The van der Waals surface area contributed by atoms with Gasteiger partial charge in [-0.15, -0.1) is 0 Å². The Balaban J connectivity index is 2.35. The van der Waals surface area contributed by atoms with Crippen molar-refractivity contribution < 1.29 is 9.84 Å². The molecule has 0 aliphatic heterocycles. The van der Waals surface area contributed by atoms with Crippen LogP contribution in [0.25, 0.3) is 0 Å². The van der Waals surface area contributed by atoms with Crippen LogP contribution in [-0.4, -0.2) is 12.2 Å². The van der Waals surface area contributed by atoms with Crippen molar-refractivity contribution >= 4 is 0 Å². The van der Waals surface area contributed by atoms with Crippen LogP contribution in [0.15, 0.2) is 18.2 Å². The van der Waals surface area contributed by atoms with E-state index in [4.69, 9.17) is 4.74 Å². The lowest BCUT2D eigenvalue weighted by Gasteiger charge is -2.15. The summed E-state index contributed by atoms with van der Waals surface area (Å²) in [6.07, 6.45) is 1.93. The number of methoxy groups -OCH3 is 1. The maximum Gasteiger partial charge on any atom is 0.127 e. The summed E-state index contributed by atoms with van der Waals surface area (Å²) in [6, 6.07) is 5.93. The van der Waals surface area contributed by atoms with E-state index in [0.717, 1.165) is 29.7 Å². The third-order valence-corrected chi connectivity index (χ3v) is 2.83. The molecule has 1 unspecified atom stereocenters. The van der Waals surface area contributed by atoms with Crippen LogP contribution < -0.4 is 4.74 Å². The normalized spacial score (nSPS) is 17.9. The maximum atomic E-state index is 10.0. The van der Waals surface area contributed by atoms with Gasteiger partial charge in [0.2, 0.25) is 0 Å². The van der Waals surface area contributed by atoms with Crippen LogP contribution in [0.2, 0.25) is 0 Å². The molecule has 0 spiro atoms. The van der Waals surface area contributed by atoms with Crippen LogP contribution in [0, 0.1) is 12.8 Å². The lowest BCUT2D eigenvalue weighted by molar-refractivity contribution is 0.150. The zero-order chi connectivity index (χ0) is 10.1. The number of aliphatic hydroxyl groups is 1. The molecule has 1 aromatic carbocycles. The van der Waals surface area contributed by atoms with Gasteiger partial charge in [-0.2, -0.15) is 0 Å². The molecule has 2 heteroatoms. The van der Waals surface area contributed by atoms with Crippen molar-refractivity contribution in [3.63, 3.8) is 0 Å². The standard InChI is InChI=1S/C12H16O2/c1-8-4-3-5-10(12(8)14-2)11(13)9-6-7-9/h3-5,9,11,13H,6-7H2,1-2H3. The molecule has 0 saturated heterocycles. The summed E-state index contributed by atoms with van der Waals surface area (Å²) >= 11 is 0. The molecular weight excluding hydrogens is 176 g/mol. The predicted octanol–water partition coefficient (Wildman–Crippen LogP) is 2.45. The Hall–Kier alpha value is -1.02. The molecule has 0 heterocycles. The number of aliphatic hydroxyl groups excluding tert-OH is 1. The van der Waals surface area contributed by atoms with E-state index in [1.165, 1.54) is 0 Å². The number of benzene rings is 1. The topological polar surface area (TPSA) is 29.5 Å². The summed E-state index contributed by atoms with van der Waals surface area (Å²) in [4.78, 5) is 0. The fraction of sp³-hybridized carbons (Fsp3) is 0.500. The summed E-state index contributed by atoms with van der Waals surface area (Å²) in [6.45, 7) is 2.00. The molecule has 1 atom stereocenters. The van der Waals surface area contributed by atoms with E-state index in [9.17, 15) is 5.11 Å². The molecule has 0 bridgehead atoms. The summed E-state index contributed by atoms with van der Waals surface area (Å²) in [5.74, 6) is 1.29. The number of para-hydroxylation sites is 1. The molecule has 14 heavy (non-hydrogen) atoms. The highest BCUT2D eigenvalue weighted by atomic mass is 16.5. The van der Waals surface area contributed by atoms with Crippen molar-refractivity contribution in [2.45, 2.75) is 25.9 Å². The van der Waals surface area contributed by atoms with Crippen molar-refractivity contribution in [1.82, 2.24) is 0 Å². The van der Waals surface area contributed by atoms with Crippen LogP contribution in [0.4, 0.5) is 0 Å². The van der Waals surface area contributed by atoms with E-state index in [1.807, 2.05) is 25.1 Å². The summed E-state index contributed by atoms with van der Waals surface area (Å²) < 4.78 is 5.32. The highest BCUT2D eigenvalue weighted by Crippen LogP contribution is 2.43. The molecule has 2 rings (SSSR count). The number of rotatable bonds is 3. The second kappa shape index (κ2) is 3.62. The molecule has 1 fully saturated rings. The average molecular weight is 192 g/mol. The fourth-order valence-corrected chi connectivity index (χ4v) is 1.85. The van der Waals surface area contributed by atoms with E-state index < -0.39 is 0 Å². The SMILES string of the molecule is COc1c(C)cccc1C(O)C1CC1. The Kier molecular flexibility index (Phi) is 2.46. The fourth-order valence-electron chi connectivity index (χ4n) is 1.85. The molecule has 1 aliphatic carbocycles. The van der Waals surface area contributed by atoms with Crippen LogP contribution in [-0.2, 0) is 0 Å². The van der Waals surface area contributed by atoms with Gasteiger partial charge in [-0.3, -0.25) is 0 Å². The molecule has 0 amide bonds.